The van der Waals surface area contributed by atoms with Crippen LogP contribution in [0.3, 0.4) is 0 Å². The summed E-state index contributed by atoms with van der Waals surface area (Å²) in [6.45, 7) is 15.5. The van der Waals surface area contributed by atoms with Crippen molar-refractivity contribution in [1.82, 2.24) is 29.3 Å². The standard InChI is InChI=1S/C28H41N7O3S2/c1-18(2)27-32-31-19(3)35(27)23-16-21-6-7-22(17-23)34(21)15-12-24(25-8-9-26(29-4)39-25)30-28(36)20-10-13-33(14-11-20)40(5,37)38/h8-9,18,20-24H,6-7,10-17H2,1-3,5H3,(H,30,36)/t21?,22?,23?,24-/m0/s1. The normalized spacial score (nSPS) is 25.2. The van der Waals surface area contributed by atoms with Crippen molar-refractivity contribution in [2.24, 2.45) is 5.92 Å². The number of fused-ring (bicyclic) bond motifs is 2. The molecule has 1 N–H and O–H groups in total. The lowest BCUT2D eigenvalue weighted by atomic mass is 9.95. The first-order valence-electron chi connectivity index (χ1n) is 14.4. The first-order chi connectivity index (χ1) is 19.0. The summed E-state index contributed by atoms with van der Waals surface area (Å²) in [4.78, 5) is 20.6. The highest BCUT2D eigenvalue weighted by Crippen LogP contribution is 2.43. The van der Waals surface area contributed by atoms with Crippen LogP contribution in [-0.4, -0.2) is 76.3 Å². The van der Waals surface area contributed by atoms with Gasteiger partial charge < -0.3 is 9.88 Å². The highest BCUT2D eigenvalue weighted by atomic mass is 32.2. The third-order valence-electron chi connectivity index (χ3n) is 8.99. The molecule has 0 aliphatic carbocycles. The molecule has 0 spiro atoms. The van der Waals surface area contributed by atoms with E-state index in [-0.39, 0.29) is 17.9 Å². The molecule has 12 heteroatoms. The van der Waals surface area contributed by atoms with Crippen LogP contribution in [0.15, 0.2) is 12.1 Å². The van der Waals surface area contributed by atoms with Gasteiger partial charge in [0, 0.05) is 54.5 Å². The lowest BCUT2D eigenvalue weighted by Gasteiger charge is -2.40. The Kier molecular flexibility index (Phi) is 8.66. The number of aryl methyl sites for hydroxylation is 1. The number of rotatable bonds is 9. The fourth-order valence-electron chi connectivity index (χ4n) is 6.94. The van der Waals surface area contributed by atoms with Crippen molar-refractivity contribution >= 4 is 32.3 Å². The molecule has 10 nitrogen and oxygen atoms in total. The second-order valence-corrected chi connectivity index (χ2v) is 15.0. The smallest absolute Gasteiger partial charge is 0.241 e. The Labute approximate surface area is 242 Å². The largest absolute Gasteiger partial charge is 0.348 e. The molecule has 218 valence electrons. The number of carbonyl (C=O) groups is 1. The number of sulfonamides is 1. The molecule has 0 radical (unpaired) electrons. The van der Waals surface area contributed by atoms with Gasteiger partial charge in [0.05, 0.1) is 18.9 Å². The number of nitrogens with one attached hydrogen (secondary N) is 1. The summed E-state index contributed by atoms with van der Waals surface area (Å²) in [5.74, 6) is 2.21. The summed E-state index contributed by atoms with van der Waals surface area (Å²) >= 11 is 1.45. The number of aromatic nitrogens is 3. The van der Waals surface area contributed by atoms with Crippen molar-refractivity contribution in [3.63, 3.8) is 0 Å². The Bertz CT molecular complexity index is 1340. The zero-order valence-electron chi connectivity index (χ0n) is 23.9. The predicted octanol–water partition coefficient (Wildman–Crippen LogP) is 4.41. The number of nitrogens with zero attached hydrogens (tertiary/aromatic N) is 6. The van der Waals surface area contributed by atoms with Crippen LogP contribution in [0.25, 0.3) is 4.85 Å². The second kappa shape index (κ2) is 11.9. The number of amides is 1. The molecule has 0 aromatic carbocycles. The number of thiophene rings is 1. The monoisotopic (exact) mass is 587 g/mol. The van der Waals surface area contributed by atoms with E-state index < -0.39 is 10.0 Å². The molecule has 3 aliphatic rings. The van der Waals surface area contributed by atoms with E-state index in [9.17, 15) is 13.2 Å². The minimum atomic E-state index is -3.23. The summed E-state index contributed by atoms with van der Waals surface area (Å²) in [6.07, 6.45) is 7.63. The Morgan fingerprint density at radius 3 is 2.38 bits per heavy atom. The van der Waals surface area contributed by atoms with Crippen LogP contribution in [0.2, 0.25) is 0 Å². The highest BCUT2D eigenvalue weighted by molar-refractivity contribution is 7.88. The van der Waals surface area contributed by atoms with E-state index in [1.54, 1.807) is 0 Å². The van der Waals surface area contributed by atoms with Crippen LogP contribution >= 0.6 is 11.3 Å². The van der Waals surface area contributed by atoms with E-state index in [1.807, 2.05) is 12.1 Å². The number of carbonyl (C=O) groups excluding carboxylic acids is 1. The number of piperidine rings is 2. The third kappa shape index (κ3) is 6.12. The first-order valence-corrected chi connectivity index (χ1v) is 17.1. The topological polar surface area (TPSA) is 105 Å². The molecule has 2 aromatic heterocycles. The van der Waals surface area contributed by atoms with Gasteiger partial charge in [-0.2, -0.15) is 11.3 Å². The highest BCUT2D eigenvalue weighted by Gasteiger charge is 2.42. The fraction of sp³-hybridized carbons (Fsp3) is 0.714. The van der Waals surface area contributed by atoms with E-state index >= 15 is 0 Å². The molecule has 5 heterocycles. The molecule has 3 aliphatic heterocycles. The molecule has 3 atom stereocenters. The van der Waals surface area contributed by atoms with Crippen molar-refractivity contribution in [2.45, 2.75) is 95.8 Å². The number of hydrogen-bond acceptors (Lipinski definition) is 7. The van der Waals surface area contributed by atoms with Crippen molar-refractivity contribution in [3.8, 4) is 0 Å². The summed E-state index contributed by atoms with van der Waals surface area (Å²) in [5, 5.41) is 12.8. The molecule has 0 saturated carbocycles. The van der Waals surface area contributed by atoms with Crippen molar-refractivity contribution in [3.05, 3.63) is 40.1 Å². The Morgan fingerprint density at radius 2 is 1.80 bits per heavy atom. The zero-order valence-corrected chi connectivity index (χ0v) is 25.5. The summed E-state index contributed by atoms with van der Waals surface area (Å²) in [7, 11) is -3.23. The quantitative estimate of drug-likeness (QED) is 0.436. The lowest BCUT2D eigenvalue weighted by molar-refractivity contribution is -0.127. The molecule has 2 unspecified atom stereocenters. The van der Waals surface area contributed by atoms with Crippen molar-refractivity contribution in [1.29, 1.82) is 0 Å². The van der Waals surface area contributed by atoms with Gasteiger partial charge >= 0.3 is 0 Å². The van der Waals surface area contributed by atoms with Gasteiger partial charge in [0.25, 0.3) is 0 Å². The van der Waals surface area contributed by atoms with E-state index in [0.717, 1.165) is 42.3 Å². The molecule has 2 aromatic rings. The van der Waals surface area contributed by atoms with E-state index in [4.69, 9.17) is 6.57 Å². The SMILES string of the molecule is [C-]#[N+]c1ccc([C@H](CCN2C3CCC2CC(n2c(C)nnc2C(C)C)C3)NC(=O)C2CCN(S(C)(=O)=O)CC2)s1. The van der Waals surface area contributed by atoms with Crippen LogP contribution in [0.5, 0.6) is 0 Å². The Hall–Kier alpha value is -2.33. The van der Waals surface area contributed by atoms with E-state index in [0.29, 0.717) is 55.0 Å². The summed E-state index contributed by atoms with van der Waals surface area (Å²) < 4.78 is 27.6. The Morgan fingerprint density at radius 1 is 1.12 bits per heavy atom. The van der Waals surface area contributed by atoms with Gasteiger partial charge in [0.15, 0.2) is 0 Å². The van der Waals surface area contributed by atoms with Gasteiger partial charge in [-0.15, -0.1) is 10.2 Å². The van der Waals surface area contributed by atoms with Crippen molar-refractivity contribution in [2.75, 3.05) is 25.9 Å². The predicted molar refractivity (Wildman–Crippen MR) is 156 cm³/mol. The van der Waals surface area contributed by atoms with Gasteiger partial charge in [-0.05, 0) is 57.9 Å². The van der Waals surface area contributed by atoms with Crippen LogP contribution in [0, 0.1) is 19.4 Å². The molecular formula is C28H41N7O3S2. The van der Waals surface area contributed by atoms with Gasteiger partial charge in [-0.25, -0.2) is 17.6 Å². The van der Waals surface area contributed by atoms with Crippen molar-refractivity contribution < 1.29 is 13.2 Å². The van der Waals surface area contributed by atoms with Gasteiger partial charge in [0.1, 0.15) is 11.6 Å². The van der Waals surface area contributed by atoms with Gasteiger partial charge in [0.2, 0.25) is 20.9 Å². The molecule has 5 rings (SSSR count). The summed E-state index contributed by atoms with van der Waals surface area (Å²) in [6, 6.07) is 5.07. The molecule has 1 amide bonds. The molecule has 3 saturated heterocycles. The molecule has 40 heavy (non-hydrogen) atoms. The maximum absolute atomic E-state index is 13.3. The second-order valence-electron chi connectivity index (χ2n) is 12.0. The van der Waals surface area contributed by atoms with Crippen LogP contribution in [-0.2, 0) is 14.8 Å². The molecule has 2 bridgehead atoms. The lowest BCUT2D eigenvalue weighted by Crippen LogP contribution is -2.46. The van der Waals surface area contributed by atoms with E-state index in [2.05, 4.69) is 50.6 Å². The minimum absolute atomic E-state index is 0.0121. The zero-order chi connectivity index (χ0) is 28.6. The maximum Gasteiger partial charge on any atom is 0.241 e. The first kappa shape index (κ1) is 29.2. The average molecular weight is 588 g/mol. The van der Waals surface area contributed by atoms with Crippen LogP contribution < -0.4 is 5.32 Å². The Balaban J connectivity index is 1.24. The van der Waals surface area contributed by atoms with E-state index in [1.165, 1.54) is 34.7 Å². The van der Waals surface area contributed by atoms with Gasteiger partial charge in [-0.1, -0.05) is 19.9 Å². The van der Waals surface area contributed by atoms with Crippen LogP contribution in [0.1, 0.15) is 93.3 Å². The fourth-order valence-corrected chi connectivity index (χ4v) is 8.70. The maximum atomic E-state index is 13.3. The average Bonchev–Trinajstić information content (AvgIpc) is 3.61. The minimum Gasteiger partial charge on any atom is -0.348 e. The number of hydrogen-bond donors (Lipinski definition) is 1. The molecular weight excluding hydrogens is 546 g/mol. The molecule has 3 fully saturated rings. The summed E-state index contributed by atoms with van der Waals surface area (Å²) in [5.41, 5.74) is 0. The van der Waals surface area contributed by atoms with Crippen LogP contribution in [0.4, 0.5) is 5.00 Å². The third-order valence-corrected chi connectivity index (χ3v) is 11.4. The van der Waals surface area contributed by atoms with Gasteiger partial charge in [-0.3, -0.25) is 9.69 Å².